The third kappa shape index (κ3) is 2.81. The van der Waals surface area contributed by atoms with Gasteiger partial charge in [0.25, 0.3) is 5.56 Å². The second-order valence-electron chi connectivity index (χ2n) is 4.52. The number of nitriles is 1. The number of nitrogens with one attached hydrogen (secondary N) is 1. The Bertz CT molecular complexity index is 834. The molecule has 0 spiro atoms. The third-order valence-corrected chi connectivity index (χ3v) is 3.83. The van der Waals surface area contributed by atoms with E-state index in [0.717, 1.165) is 0 Å². The molecule has 2 rings (SSSR count). The van der Waals surface area contributed by atoms with Crippen molar-refractivity contribution < 1.29 is 9.53 Å². The van der Waals surface area contributed by atoms with Gasteiger partial charge in [-0.15, -0.1) is 0 Å². The normalized spacial score (nSPS) is 10.1. The number of rotatable bonds is 3. The molecule has 6 heteroatoms. The number of H-pyrrole nitrogens is 1. The minimum absolute atomic E-state index is 0.111. The SMILES string of the molecule is CCOC(=O)c1c(C)[nH]c(=O)c(C#N)c1-c1ccccc1Br. The van der Waals surface area contributed by atoms with Crippen molar-refractivity contribution in [2.75, 3.05) is 6.61 Å². The molecule has 0 fully saturated rings. The van der Waals surface area contributed by atoms with E-state index in [9.17, 15) is 14.9 Å². The highest BCUT2D eigenvalue weighted by atomic mass is 79.9. The maximum absolute atomic E-state index is 12.3. The molecule has 1 heterocycles. The number of aryl methyl sites for hydroxylation is 1. The molecule has 112 valence electrons. The zero-order valence-electron chi connectivity index (χ0n) is 12.1. The molecule has 0 radical (unpaired) electrons. The van der Waals surface area contributed by atoms with E-state index in [0.29, 0.717) is 15.7 Å². The molecule has 0 unspecified atom stereocenters. The molecule has 0 bridgehead atoms. The Hall–Kier alpha value is -2.39. The number of aromatic nitrogens is 1. The number of esters is 1. The Balaban J connectivity index is 2.91. The van der Waals surface area contributed by atoms with Crippen LogP contribution in [-0.2, 0) is 4.74 Å². The van der Waals surface area contributed by atoms with Gasteiger partial charge in [-0.2, -0.15) is 5.26 Å². The van der Waals surface area contributed by atoms with Crippen LogP contribution in [0.5, 0.6) is 0 Å². The summed E-state index contributed by atoms with van der Waals surface area (Å²) in [6, 6.07) is 8.98. The smallest absolute Gasteiger partial charge is 0.340 e. The first-order valence-electron chi connectivity index (χ1n) is 6.60. The summed E-state index contributed by atoms with van der Waals surface area (Å²) < 4.78 is 5.75. The van der Waals surface area contributed by atoms with Crippen molar-refractivity contribution in [2.45, 2.75) is 13.8 Å². The van der Waals surface area contributed by atoms with Crippen LogP contribution in [0, 0.1) is 18.3 Å². The van der Waals surface area contributed by atoms with Gasteiger partial charge in [0.1, 0.15) is 11.6 Å². The van der Waals surface area contributed by atoms with Crippen molar-refractivity contribution >= 4 is 21.9 Å². The summed E-state index contributed by atoms with van der Waals surface area (Å²) in [6.07, 6.45) is 0. The minimum Gasteiger partial charge on any atom is -0.462 e. The topological polar surface area (TPSA) is 83.0 Å². The van der Waals surface area contributed by atoms with Crippen LogP contribution in [0.15, 0.2) is 33.5 Å². The van der Waals surface area contributed by atoms with E-state index in [1.165, 1.54) is 0 Å². The van der Waals surface area contributed by atoms with Gasteiger partial charge in [-0.25, -0.2) is 4.79 Å². The molecule has 0 amide bonds. The first-order chi connectivity index (χ1) is 10.5. The van der Waals surface area contributed by atoms with Crippen LogP contribution < -0.4 is 5.56 Å². The lowest BCUT2D eigenvalue weighted by Gasteiger charge is -2.14. The maximum atomic E-state index is 12.3. The molecular weight excluding hydrogens is 348 g/mol. The first-order valence-corrected chi connectivity index (χ1v) is 7.39. The lowest BCUT2D eigenvalue weighted by molar-refractivity contribution is 0.0526. The number of ether oxygens (including phenoxy) is 1. The van der Waals surface area contributed by atoms with Gasteiger partial charge >= 0.3 is 5.97 Å². The number of carbonyl (C=O) groups excluding carboxylic acids is 1. The summed E-state index contributed by atoms with van der Waals surface area (Å²) in [4.78, 5) is 26.9. The molecule has 1 N–H and O–H groups in total. The predicted molar refractivity (Wildman–Crippen MR) is 85.6 cm³/mol. The van der Waals surface area contributed by atoms with E-state index >= 15 is 0 Å². The zero-order valence-corrected chi connectivity index (χ0v) is 13.7. The van der Waals surface area contributed by atoms with Crippen LogP contribution in [0.2, 0.25) is 0 Å². The molecule has 0 aliphatic carbocycles. The summed E-state index contributed by atoms with van der Waals surface area (Å²) in [5.41, 5.74) is 0.809. The lowest BCUT2D eigenvalue weighted by atomic mass is 9.95. The molecule has 0 saturated carbocycles. The number of carbonyl (C=O) groups is 1. The molecule has 0 saturated heterocycles. The quantitative estimate of drug-likeness (QED) is 0.852. The first kappa shape index (κ1) is 16.0. The summed E-state index contributed by atoms with van der Waals surface area (Å²) in [5, 5.41) is 9.34. The van der Waals surface area contributed by atoms with Crippen LogP contribution in [0.1, 0.15) is 28.5 Å². The second kappa shape index (κ2) is 6.58. The number of aromatic amines is 1. The number of hydrogen-bond acceptors (Lipinski definition) is 4. The van der Waals surface area contributed by atoms with Crippen molar-refractivity contribution in [2.24, 2.45) is 0 Å². The van der Waals surface area contributed by atoms with E-state index in [1.54, 1.807) is 32.0 Å². The monoisotopic (exact) mass is 360 g/mol. The van der Waals surface area contributed by atoms with Crippen LogP contribution in [0.3, 0.4) is 0 Å². The standard InChI is InChI=1S/C16H13BrN2O3/c1-3-22-16(21)13-9(2)19-15(20)11(8-18)14(13)10-6-4-5-7-12(10)17/h4-7H,3H2,1-2H3,(H,19,20). The molecule has 5 nitrogen and oxygen atoms in total. The highest BCUT2D eigenvalue weighted by Gasteiger charge is 2.24. The van der Waals surface area contributed by atoms with E-state index < -0.39 is 11.5 Å². The van der Waals surface area contributed by atoms with Gasteiger partial charge in [0.15, 0.2) is 0 Å². The van der Waals surface area contributed by atoms with Crippen molar-refractivity contribution in [1.82, 2.24) is 4.98 Å². The van der Waals surface area contributed by atoms with Gasteiger partial charge in [-0.05, 0) is 25.5 Å². The summed E-state index contributed by atoms with van der Waals surface area (Å²) >= 11 is 3.39. The van der Waals surface area contributed by atoms with Gasteiger partial charge in [0, 0.05) is 15.7 Å². The molecule has 0 aliphatic rings. The minimum atomic E-state index is -0.571. The molecular formula is C16H13BrN2O3. The number of hydrogen-bond donors (Lipinski definition) is 1. The molecule has 1 aromatic carbocycles. The zero-order chi connectivity index (χ0) is 16.3. The number of nitrogens with zero attached hydrogens (tertiary/aromatic N) is 1. The highest BCUT2D eigenvalue weighted by molar-refractivity contribution is 9.10. The Kier molecular flexibility index (Phi) is 4.78. The lowest BCUT2D eigenvalue weighted by Crippen LogP contribution is -2.20. The van der Waals surface area contributed by atoms with Gasteiger partial charge in [-0.3, -0.25) is 4.79 Å². The molecule has 22 heavy (non-hydrogen) atoms. The van der Waals surface area contributed by atoms with Crippen LogP contribution in [-0.4, -0.2) is 17.6 Å². The van der Waals surface area contributed by atoms with Gasteiger partial charge in [0.2, 0.25) is 0 Å². The second-order valence-corrected chi connectivity index (χ2v) is 5.37. The molecule has 2 aromatic rings. The average molecular weight is 361 g/mol. The van der Waals surface area contributed by atoms with E-state index in [4.69, 9.17) is 4.74 Å². The van der Waals surface area contributed by atoms with Crippen LogP contribution >= 0.6 is 15.9 Å². The van der Waals surface area contributed by atoms with E-state index in [-0.39, 0.29) is 23.3 Å². The van der Waals surface area contributed by atoms with Crippen molar-refractivity contribution in [3.05, 3.63) is 55.9 Å². The summed E-state index contributed by atoms with van der Waals surface area (Å²) in [6.45, 7) is 3.51. The number of halogens is 1. The fraction of sp³-hybridized carbons (Fsp3) is 0.188. The molecule has 0 atom stereocenters. The summed E-state index contributed by atoms with van der Waals surface area (Å²) in [7, 11) is 0. The van der Waals surface area contributed by atoms with Gasteiger partial charge in [-0.1, -0.05) is 34.1 Å². The van der Waals surface area contributed by atoms with Gasteiger partial charge in [0.05, 0.1) is 12.2 Å². The van der Waals surface area contributed by atoms with Crippen LogP contribution in [0.25, 0.3) is 11.1 Å². The fourth-order valence-corrected chi connectivity index (χ4v) is 2.70. The van der Waals surface area contributed by atoms with Gasteiger partial charge < -0.3 is 9.72 Å². The number of benzene rings is 1. The molecule has 0 aliphatic heterocycles. The fourth-order valence-electron chi connectivity index (χ4n) is 2.22. The maximum Gasteiger partial charge on any atom is 0.340 e. The van der Waals surface area contributed by atoms with Crippen molar-refractivity contribution in [1.29, 1.82) is 5.26 Å². The Labute approximate surface area is 135 Å². The van der Waals surface area contributed by atoms with E-state index in [2.05, 4.69) is 20.9 Å². The highest BCUT2D eigenvalue weighted by Crippen LogP contribution is 2.33. The average Bonchev–Trinajstić information content (AvgIpc) is 2.47. The largest absolute Gasteiger partial charge is 0.462 e. The predicted octanol–water partition coefficient (Wildman–Crippen LogP) is 3.16. The van der Waals surface area contributed by atoms with E-state index in [1.807, 2.05) is 12.1 Å². The number of pyridine rings is 1. The summed E-state index contributed by atoms with van der Waals surface area (Å²) in [5.74, 6) is -0.571. The Morgan fingerprint density at radius 2 is 2.09 bits per heavy atom. The third-order valence-electron chi connectivity index (χ3n) is 3.14. The van der Waals surface area contributed by atoms with Crippen molar-refractivity contribution in [3.63, 3.8) is 0 Å². The molecule has 1 aromatic heterocycles. The van der Waals surface area contributed by atoms with Crippen LogP contribution in [0.4, 0.5) is 0 Å². The Morgan fingerprint density at radius 3 is 2.68 bits per heavy atom. The van der Waals surface area contributed by atoms with Crippen molar-refractivity contribution in [3.8, 4) is 17.2 Å². The Morgan fingerprint density at radius 1 is 1.41 bits per heavy atom.